The molecule has 1 unspecified atom stereocenters. The van der Waals surface area contributed by atoms with Gasteiger partial charge in [-0.1, -0.05) is 12.1 Å². The van der Waals surface area contributed by atoms with E-state index >= 15 is 0 Å². The van der Waals surface area contributed by atoms with Gasteiger partial charge in [0.25, 0.3) is 0 Å². The van der Waals surface area contributed by atoms with Gasteiger partial charge >= 0.3 is 0 Å². The van der Waals surface area contributed by atoms with Crippen LogP contribution in [-0.2, 0) is 4.74 Å². The largest absolute Gasteiger partial charge is 0.378 e. The number of morpholine rings is 1. The number of nitrogens with two attached hydrogens (primary N) is 1. The van der Waals surface area contributed by atoms with Gasteiger partial charge in [0.2, 0.25) is 0 Å². The Bertz CT molecular complexity index is 428. The highest BCUT2D eigenvalue weighted by Gasteiger charge is 2.35. The van der Waals surface area contributed by atoms with Gasteiger partial charge in [-0.05, 0) is 31.5 Å². The van der Waals surface area contributed by atoms with Gasteiger partial charge in [-0.25, -0.2) is 0 Å². The molecule has 112 valence electrons. The van der Waals surface area contributed by atoms with E-state index in [9.17, 15) is 0 Å². The predicted octanol–water partition coefficient (Wildman–Crippen LogP) is 1.86. The molecule has 1 saturated heterocycles. The minimum Gasteiger partial charge on any atom is -0.378 e. The van der Waals surface area contributed by atoms with Crippen LogP contribution in [0.15, 0.2) is 24.3 Å². The molecule has 1 aliphatic rings. The molecular formula is C16H27N3O. The molecule has 20 heavy (non-hydrogen) atoms. The second kappa shape index (κ2) is 6.12. The molecule has 0 aromatic heterocycles. The molecule has 0 bridgehead atoms. The highest BCUT2D eigenvalue weighted by molar-refractivity contribution is 5.46. The van der Waals surface area contributed by atoms with Crippen LogP contribution in [0.3, 0.4) is 0 Å². The molecule has 1 aliphatic heterocycles. The Kier molecular flexibility index (Phi) is 4.68. The number of nitrogens with zero attached hydrogens (tertiary/aromatic N) is 2. The number of hydrogen-bond donors (Lipinski definition) is 1. The second-order valence-corrected chi connectivity index (χ2v) is 6.30. The first-order valence-corrected chi connectivity index (χ1v) is 7.27. The summed E-state index contributed by atoms with van der Waals surface area (Å²) in [7, 11) is 4.11. The third kappa shape index (κ3) is 3.14. The molecule has 0 aliphatic carbocycles. The SMILES string of the molecule is CN(C)c1ccc(C(CN)N2CCOCC2(C)C)cc1. The molecule has 0 saturated carbocycles. The molecular weight excluding hydrogens is 250 g/mol. The maximum Gasteiger partial charge on any atom is 0.0645 e. The van der Waals surface area contributed by atoms with Crippen LogP contribution < -0.4 is 10.6 Å². The minimum absolute atomic E-state index is 0.0303. The number of benzene rings is 1. The average Bonchev–Trinajstić information content (AvgIpc) is 2.42. The lowest BCUT2D eigenvalue weighted by atomic mass is 9.95. The van der Waals surface area contributed by atoms with Crippen molar-refractivity contribution < 1.29 is 4.74 Å². The predicted molar refractivity (Wildman–Crippen MR) is 84.2 cm³/mol. The van der Waals surface area contributed by atoms with E-state index < -0.39 is 0 Å². The molecule has 1 aromatic carbocycles. The quantitative estimate of drug-likeness (QED) is 0.912. The summed E-state index contributed by atoms with van der Waals surface area (Å²) in [5.41, 5.74) is 8.59. The first kappa shape index (κ1) is 15.3. The summed E-state index contributed by atoms with van der Waals surface area (Å²) in [5.74, 6) is 0. The van der Waals surface area contributed by atoms with Crippen LogP contribution in [0, 0.1) is 0 Å². The fourth-order valence-corrected chi connectivity index (χ4v) is 2.89. The Morgan fingerprint density at radius 3 is 2.45 bits per heavy atom. The third-order valence-electron chi connectivity index (χ3n) is 4.10. The van der Waals surface area contributed by atoms with Crippen molar-refractivity contribution in [1.82, 2.24) is 4.90 Å². The summed E-state index contributed by atoms with van der Waals surface area (Å²) in [5, 5.41) is 0. The summed E-state index contributed by atoms with van der Waals surface area (Å²) >= 11 is 0. The van der Waals surface area contributed by atoms with Crippen molar-refractivity contribution in [2.24, 2.45) is 5.73 Å². The van der Waals surface area contributed by atoms with Crippen molar-refractivity contribution in [1.29, 1.82) is 0 Å². The molecule has 4 heteroatoms. The van der Waals surface area contributed by atoms with Crippen LogP contribution in [0.5, 0.6) is 0 Å². The topological polar surface area (TPSA) is 41.7 Å². The standard InChI is InChI=1S/C16H27N3O/c1-16(2)12-20-10-9-19(16)15(11-17)13-5-7-14(8-6-13)18(3)4/h5-8,15H,9-12,17H2,1-4H3. The lowest BCUT2D eigenvalue weighted by Gasteiger charge is -2.46. The fraction of sp³-hybridized carbons (Fsp3) is 0.625. The maximum absolute atomic E-state index is 6.06. The zero-order chi connectivity index (χ0) is 14.8. The molecule has 1 heterocycles. The molecule has 0 spiro atoms. The molecule has 4 nitrogen and oxygen atoms in total. The van der Waals surface area contributed by atoms with E-state index in [1.54, 1.807) is 0 Å². The van der Waals surface area contributed by atoms with Crippen molar-refractivity contribution in [3.63, 3.8) is 0 Å². The van der Waals surface area contributed by atoms with Crippen LogP contribution >= 0.6 is 0 Å². The second-order valence-electron chi connectivity index (χ2n) is 6.30. The molecule has 1 fully saturated rings. The maximum atomic E-state index is 6.06. The van der Waals surface area contributed by atoms with E-state index in [0.717, 1.165) is 19.8 Å². The van der Waals surface area contributed by atoms with Gasteiger partial charge in [0.15, 0.2) is 0 Å². The first-order chi connectivity index (χ1) is 9.45. The molecule has 0 amide bonds. The molecule has 1 aromatic rings. The van der Waals surface area contributed by atoms with Crippen molar-refractivity contribution >= 4 is 5.69 Å². The number of anilines is 1. The van der Waals surface area contributed by atoms with Gasteiger partial charge in [-0.2, -0.15) is 0 Å². The van der Waals surface area contributed by atoms with E-state index in [0.29, 0.717) is 6.54 Å². The first-order valence-electron chi connectivity index (χ1n) is 7.27. The Balaban J connectivity index is 2.22. The van der Waals surface area contributed by atoms with Gasteiger partial charge in [0, 0.05) is 44.5 Å². The Morgan fingerprint density at radius 1 is 1.30 bits per heavy atom. The normalized spacial score (nSPS) is 20.6. The summed E-state index contributed by atoms with van der Waals surface area (Å²) in [6.45, 7) is 7.57. The third-order valence-corrected chi connectivity index (χ3v) is 4.10. The lowest BCUT2D eigenvalue weighted by molar-refractivity contribution is -0.0712. The van der Waals surface area contributed by atoms with E-state index in [4.69, 9.17) is 10.5 Å². The highest BCUT2D eigenvalue weighted by atomic mass is 16.5. The Morgan fingerprint density at radius 2 is 1.95 bits per heavy atom. The van der Waals surface area contributed by atoms with E-state index in [-0.39, 0.29) is 11.6 Å². The average molecular weight is 277 g/mol. The molecule has 2 N–H and O–H groups in total. The van der Waals surface area contributed by atoms with Gasteiger partial charge < -0.3 is 15.4 Å². The zero-order valence-electron chi connectivity index (χ0n) is 13.1. The molecule has 2 rings (SSSR count). The van der Waals surface area contributed by atoms with Gasteiger partial charge in [-0.15, -0.1) is 0 Å². The molecule has 1 atom stereocenters. The van der Waals surface area contributed by atoms with Crippen molar-refractivity contribution in [3.8, 4) is 0 Å². The summed E-state index contributed by atoms with van der Waals surface area (Å²) in [4.78, 5) is 4.58. The highest BCUT2D eigenvalue weighted by Crippen LogP contribution is 2.30. The van der Waals surface area contributed by atoms with Gasteiger partial charge in [0.05, 0.1) is 13.2 Å². The van der Waals surface area contributed by atoms with Crippen molar-refractivity contribution in [2.75, 3.05) is 45.3 Å². The Labute approximate surface area is 122 Å². The van der Waals surface area contributed by atoms with Crippen LogP contribution in [0.1, 0.15) is 25.5 Å². The summed E-state index contributed by atoms with van der Waals surface area (Å²) in [6, 6.07) is 8.96. The molecule has 0 radical (unpaired) electrons. The van der Waals surface area contributed by atoms with Crippen molar-refractivity contribution in [2.45, 2.75) is 25.4 Å². The lowest BCUT2D eigenvalue weighted by Crippen LogP contribution is -2.55. The van der Waals surface area contributed by atoms with E-state index in [2.05, 4.69) is 62.0 Å². The van der Waals surface area contributed by atoms with Gasteiger partial charge in [0.1, 0.15) is 0 Å². The number of hydrogen-bond acceptors (Lipinski definition) is 4. The van der Waals surface area contributed by atoms with E-state index in [1.807, 2.05) is 0 Å². The van der Waals surface area contributed by atoms with Gasteiger partial charge in [-0.3, -0.25) is 4.90 Å². The number of rotatable bonds is 4. The van der Waals surface area contributed by atoms with Crippen LogP contribution in [0.25, 0.3) is 0 Å². The van der Waals surface area contributed by atoms with Crippen LogP contribution in [-0.4, -0.2) is 50.8 Å². The monoisotopic (exact) mass is 277 g/mol. The fourth-order valence-electron chi connectivity index (χ4n) is 2.89. The zero-order valence-corrected chi connectivity index (χ0v) is 13.1. The van der Waals surface area contributed by atoms with Crippen LogP contribution in [0.4, 0.5) is 5.69 Å². The smallest absolute Gasteiger partial charge is 0.0645 e. The minimum atomic E-state index is 0.0303. The summed E-state index contributed by atoms with van der Waals surface area (Å²) < 4.78 is 5.61. The van der Waals surface area contributed by atoms with E-state index in [1.165, 1.54) is 11.3 Å². The number of ether oxygens (including phenoxy) is 1. The van der Waals surface area contributed by atoms with Crippen LogP contribution in [0.2, 0.25) is 0 Å². The summed E-state index contributed by atoms with van der Waals surface area (Å²) in [6.07, 6.45) is 0. The Hall–Kier alpha value is -1.10. The van der Waals surface area contributed by atoms with Crippen molar-refractivity contribution in [3.05, 3.63) is 29.8 Å².